The molecule has 0 spiro atoms. The molecule has 2 fully saturated rings. The van der Waals surface area contributed by atoms with Gasteiger partial charge in [0.1, 0.15) is 11.6 Å². The van der Waals surface area contributed by atoms with Gasteiger partial charge in [-0.15, -0.1) is 0 Å². The van der Waals surface area contributed by atoms with Crippen LogP contribution in [0.2, 0.25) is 0 Å². The molecule has 0 radical (unpaired) electrons. The summed E-state index contributed by atoms with van der Waals surface area (Å²) in [5.41, 5.74) is 0. The second-order valence-corrected chi connectivity index (χ2v) is 5.58. The van der Waals surface area contributed by atoms with Crippen LogP contribution in [0.25, 0.3) is 0 Å². The molecule has 0 bridgehead atoms. The van der Waals surface area contributed by atoms with E-state index in [9.17, 15) is 4.79 Å². The summed E-state index contributed by atoms with van der Waals surface area (Å²) in [5, 5.41) is 0. The van der Waals surface area contributed by atoms with E-state index in [0.717, 1.165) is 31.0 Å². The summed E-state index contributed by atoms with van der Waals surface area (Å²) >= 11 is 0. The Balaban J connectivity index is 1.69. The van der Waals surface area contributed by atoms with Crippen molar-refractivity contribution in [3.8, 4) is 0 Å². The molecule has 0 aromatic carbocycles. The maximum absolute atomic E-state index is 11.9. The van der Waals surface area contributed by atoms with Gasteiger partial charge in [-0.25, -0.2) is 9.97 Å². The number of rotatable bonds is 4. The van der Waals surface area contributed by atoms with Crippen LogP contribution < -0.4 is 4.90 Å². The van der Waals surface area contributed by atoms with Crippen molar-refractivity contribution < 1.29 is 9.53 Å². The second kappa shape index (κ2) is 5.77. The van der Waals surface area contributed by atoms with Gasteiger partial charge in [-0.2, -0.15) is 0 Å². The van der Waals surface area contributed by atoms with Crippen LogP contribution in [0.15, 0.2) is 12.3 Å². The Morgan fingerprint density at radius 2 is 2.30 bits per heavy atom. The number of piperidine rings is 1. The zero-order chi connectivity index (χ0) is 13.9. The van der Waals surface area contributed by atoms with Crippen LogP contribution >= 0.6 is 0 Å². The van der Waals surface area contributed by atoms with Crippen molar-refractivity contribution in [3.63, 3.8) is 0 Å². The average Bonchev–Trinajstić information content (AvgIpc) is 3.32. The molecule has 1 aliphatic carbocycles. The van der Waals surface area contributed by atoms with Crippen molar-refractivity contribution in [3.05, 3.63) is 18.1 Å². The molecule has 2 heterocycles. The zero-order valence-corrected chi connectivity index (χ0v) is 11.9. The number of carbonyl (C=O) groups is 1. The number of anilines is 1. The highest BCUT2D eigenvalue weighted by molar-refractivity contribution is 5.73. The standard InChI is InChI=1S/C15H21N3O2/c1-2-20-15(19)12-4-3-9-18(10-12)13-7-8-16-14(17-13)11-5-6-11/h7-8,11-12H,2-6,9-10H2,1H3/t12-/m0/s1. The van der Waals surface area contributed by atoms with Gasteiger partial charge in [0, 0.05) is 25.2 Å². The van der Waals surface area contributed by atoms with Crippen molar-refractivity contribution in [1.29, 1.82) is 0 Å². The van der Waals surface area contributed by atoms with E-state index < -0.39 is 0 Å². The molecule has 0 amide bonds. The Hall–Kier alpha value is -1.65. The van der Waals surface area contributed by atoms with E-state index in [1.807, 2.05) is 19.2 Å². The van der Waals surface area contributed by atoms with Gasteiger partial charge in [-0.05, 0) is 38.7 Å². The number of hydrogen-bond acceptors (Lipinski definition) is 5. The number of hydrogen-bond donors (Lipinski definition) is 0. The van der Waals surface area contributed by atoms with Crippen molar-refractivity contribution in [1.82, 2.24) is 9.97 Å². The van der Waals surface area contributed by atoms with Gasteiger partial charge >= 0.3 is 5.97 Å². The summed E-state index contributed by atoms with van der Waals surface area (Å²) in [7, 11) is 0. The average molecular weight is 275 g/mol. The lowest BCUT2D eigenvalue weighted by atomic mass is 9.98. The van der Waals surface area contributed by atoms with E-state index in [-0.39, 0.29) is 11.9 Å². The molecule has 5 nitrogen and oxygen atoms in total. The number of nitrogens with zero attached hydrogens (tertiary/aromatic N) is 3. The van der Waals surface area contributed by atoms with Crippen molar-refractivity contribution in [2.24, 2.45) is 5.92 Å². The minimum absolute atomic E-state index is 0.0250. The third kappa shape index (κ3) is 2.92. The lowest BCUT2D eigenvalue weighted by Crippen LogP contribution is -2.40. The van der Waals surface area contributed by atoms with Crippen LogP contribution in [0, 0.1) is 5.92 Å². The third-order valence-corrected chi connectivity index (χ3v) is 3.97. The molecule has 20 heavy (non-hydrogen) atoms. The predicted molar refractivity (Wildman–Crippen MR) is 75.6 cm³/mol. The lowest BCUT2D eigenvalue weighted by molar-refractivity contribution is -0.148. The molecule has 0 unspecified atom stereocenters. The fourth-order valence-electron chi connectivity index (χ4n) is 2.72. The van der Waals surface area contributed by atoms with E-state index >= 15 is 0 Å². The molecular weight excluding hydrogens is 254 g/mol. The third-order valence-electron chi connectivity index (χ3n) is 3.97. The van der Waals surface area contributed by atoms with Crippen LogP contribution in [0.4, 0.5) is 5.82 Å². The lowest BCUT2D eigenvalue weighted by Gasteiger charge is -2.32. The Morgan fingerprint density at radius 3 is 3.05 bits per heavy atom. The summed E-state index contributed by atoms with van der Waals surface area (Å²) in [6, 6.07) is 1.94. The fraction of sp³-hybridized carbons (Fsp3) is 0.667. The van der Waals surface area contributed by atoms with Crippen LogP contribution in [-0.2, 0) is 9.53 Å². The highest BCUT2D eigenvalue weighted by Gasteiger charge is 2.30. The number of carbonyl (C=O) groups excluding carboxylic acids is 1. The Bertz CT molecular complexity index is 488. The highest BCUT2D eigenvalue weighted by Crippen LogP contribution is 2.38. The monoisotopic (exact) mass is 275 g/mol. The normalized spacial score (nSPS) is 22.6. The molecule has 3 rings (SSSR count). The van der Waals surface area contributed by atoms with E-state index in [4.69, 9.17) is 4.74 Å². The molecular formula is C15H21N3O2. The molecule has 1 aliphatic heterocycles. The quantitative estimate of drug-likeness (QED) is 0.788. The fourth-order valence-corrected chi connectivity index (χ4v) is 2.72. The summed E-state index contributed by atoms with van der Waals surface area (Å²) in [5.74, 6) is 2.37. The van der Waals surface area contributed by atoms with E-state index in [2.05, 4.69) is 14.9 Å². The molecule has 1 saturated carbocycles. The number of aromatic nitrogens is 2. The first-order valence-electron chi connectivity index (χ1n) is 7.52. The van der Waals surface area contributed by atoms with Crippen LogP contribution in [0.1, 0.15) is 44.3 Å². The minimum atomic E-state index is -0.0753. The summed E-state index contributed by atoms with van der Waals surface area (Å²) in [4.78, 5) is 23.1. The van der Waals surface area contributed by atoms with E-state index in [1.165, 1.54) is 12.8 Å². The van der Waals surface area contributed by atoms with Gasteiger partial charge in [-0.1, -0.05) is 0 Å². The van der Waals surface area contributed by atoms with Crippen molar-refractivity contribution >= 4 is 11.8 Å². The van der Waals surface area contributed by atoms with Crippen LogP contribution in [0.5, 0.6) is 0 Å². The van der Waals surface area contributed by atoms with Gasteiger partial charge in [0.2, 0.25) is 0 Å². The number of ether oxygens (including phenoxy) is 1. The molecule has 1 saturated heterocycles. The van der Waals surface area contributed by atoms with E-state index in [1.54, 1.807) is 0 Å². The molecule has 2 aliphatic rings. The molecule has 1 atom stereocenters. The van der Waals surface area contributed by atoms with Crippen molar-refractivity contribution in [2.75, 3.05) is 24.6 Å². The Kier molecular flexibility index (Phi) is 3.85. The van der Waals surface area contributed by atoms with Crippen molar-refractivity contribution in [2.45, 2.75) is 38.5 Å². The maximum Gasteiger partial charge on any atom is 0.310 e. The Morgan fingerprint density at radius 1 is 1.45 bits per heavy atom. The SMILES string of the molecule is CCOC(=O)[C@H]1CCCN(c2ccnc(C3CC3)n2)C1. The summed E-state index contributed by atoms with van der Waals surface area (Å²) in [6.07, 6.45) is 6.16. The molecule has 1 aromatic heterocycles. The zero-order valence-electron chi connectivity index (χ0n) is 11.9. The summed E-state index contributed by atoms with van der Waals surface area (Å²) < 4.78 is 5.14. The van der Waals surface area contributed by atoms with Gasteiger partial charge < -0.3 is 9.64 Å². The first-order chi connectivity index (χ1) is 9.78. The van der Waals surface area contributed by atoms with Gasteiger partial charge in [0.05, 0.1) is 12.5 Å². The summed E-state index contributed by atoms with van der Waals surface area (Å²) in [6.45, 7) is 3.97. The van der Waals surface area contributed by atoms with Crippen LogP contribution in [0.3, 0.4) is 0 Å². The van der Waals surface area contributed by atoms with E-state index in [0.29, 0.717) is 19.1 Å². The van der Waals surface area contributed by atoms with Crippen LogP contribution in [-0.4, -0.2) is 35.6 Å². The first kappa shape index (κ1) is 13.3. The predicted octanol–water partition coefficient (Wildman–Crippen LogP) is 2.13. The smallest absolute Gasteiger partial charge is 0.310 e. The molecule has 0 N–H and O–H groups in total. The molecule has 5 heteroatoms. The first-order valence-corrected chi connectivity index (χ1v) is 7.52. The number of esters is 1. The highest BCUT2D eigenvalue weighted by atomic mass is 16.5. The van der Waals surface area contributed by atoms with Gasteiger partial charge in [0.25, 0.3) is 0 Å². The maximum atomic E-state index is 11.9. The largest absolute Gasteiger partial charge is 0.466 e. The molecule has 108 valence electrons. The second-order valence-electron chi connectivity index (χ2n) is 5.58. The minimum Gasteiger partial charge on any atom is -0.466 e. The van der Waals surface area contributed by atoms with Gasteiger partial charge in [0.15, 0.2) is 0 Å². The van der Waals surface area contributed by atoms with Gasteiger partial charge in [-0.3, -0.25) is 4.79 Å². The topological polar surface area (TPSA) is 55.3 Å². The Labute approximate surface area is 119 Å². The molecule has 1 aromatic rings.